The molecule has 0 atom stereocenters. The number of nitrogens with zero attached hydrogens (tertiary/aromatic N) is 2. The number of aryl methyl sites for hydroxylation is 3. The van der Waals surface area contributed by atoms with E-state index in [0.29, 0.717) is 0 Å². The quantitative estimate of drug-likeness (QED) is 0.366. The molecule has 3 rings (SSSR count). The van der Waals surface area contributed by atoms with Crippen LogP contribution in [0.5, 0.6) is 0 Å². The lowest BCUT2D eigenvalue weighted by molar-refractivity contribution is -0.617. The summed E-state index contributed by atoms with van der Waals surface area (Å²) in [4.78, 5) is 4.71. The van der Waals surface area contributed by atoms with Crippen LogP contribution in [0.1, 0.15) is 11.1 Å². The summed E-state index contributed by atoms with van der Waals surface area (Å²) in [5, 5.41) is 0. The number of rotatable bonds is 0. The molecule has 96 valence electrons. The molecule has 0 unspecified atom stereocenters. The summed E-state index contributed by atoms with van der Waals surface area (Å²) in [7, 11) is 2.01. The normalized spacial score (nSPS) is 11.3. The number of fused-ring (bicyclic) bond motifs is 2. The van der Waals surface area contributed by atoms with E-state index in [1.54, 1.807) is 0 Å². The van der Waals surface area contributed by atoms with Gasteiger partial charge >= 0.3 is 0 Å². The summed E-state index contributed by atoms with van der Waals surface area (Å²) in [6.07, 6.45) is 0. The molecule has 0 radical (unpaired) electrons. The van der Waals surface area contributed by atoms with Gasteiger partial charge in [0.1, 0.15) is 18.1 Å². The zero-order valence-corrected chi connectivity index (χ0v) is 11.4. The van der Waals surface area contributed by atoms with Crippen molar-refractivity contribution < 1.29 is 4.57 Å². The highest BCUT2D eigenvalue weighted by molar-refractivity contribution is 5.86. The largest absolute Gasteiger partial charge is 0.398 e. The number of benzene rings is 2. The second kappa shape index (κ2) is 3.82. The van der Waals surface area contributed by atoms with Gasteiger partial charge in [-0.2, -0.15) is 4.57 Å². The monoisotopic (exact) mass is 253 g/mol. The average molecular weight is 253 g/mol. The van der Waals surface area contributed by atoms with E-state index in [4.69, 9.17) is 16.5 Å². The van der Waals surface area contributed by atoms with Crippen molar-refractivity contribution in [3.8, 4) is 0 Å². The molecule has 0 fully saturated rings. The number of hydrogen-bond acceptors (Lipinski definition) is 3. The van der Waals surface area contributed by atoms with Gasteiger partial charge in [0.25, 0.3) is 0 Å². The molecule has 0 aliphatic rings. The van der Waals surface area contributed by atoms with Crippen molar-refractivity contribution in [1.82, 2.24) is 4.98 Å². The number of aromatic nitrogens is 2. The maximum absolute atomic E-state index is 5.99. The Balaban J connectivity index is 2.52. The van der Waals surface area contributed by atoms with Crippen LogP contribution in [0.4, 0.5) is 11.4 Å². The molecule has 4 nitrogen and oxygen atoms in total. The van der Waals surface area contributed by atoms with Crippen molar-refractivity contribution in [1.29, 1.82) is 0 Å². The van der Waals surface area contributed by atoms with E-state index < -0.39 is 0 Å². The molecule has 1 heterocycles. The second-order valence-corrected chi connectivity index (χ2v) is 5.07. The van der Waals surface area contributed by atoms with E-state index in [0.717, 1.165) is 44.6 Å². The Labute approximate surface area is 111 Å². The third kappa shape index (κ3) is 1.68. The summed E-state index contributed by atoms with van der Waals surface area (Å²) < 4.78 is 2.09. The third-order valence-electron chi connectivity index (χ3n) is 3.69. The van der Waals surface area contributed by atoms with Gasteiger partial charge < -0.3 is 11.5 Å². The standard InChI is InChI=1S/C15H16N4/c1-8-4-12-14(6-10(8)16)19(3)15-7-11(17)9(2)5-13(15)18-12/h4-7H,1-3H3,(H3,16,17)/p+1. The van der Waals surface area contributed by atoms with Crippen LogP contribution >= 0.6 is 0 Å². The van der Waals surface area contributed by atoms with Gasteiger partial charge in [0.2, 0.25) is 11.0 Å². The van der Waals surface area contributed by atoms with Crippen LogP contribution < -0.4 is 16.0 Å². The molecule has 0 saturated carbocycles. The van der Waals surface area contributed by atoms with E-state index in [9.17, 15) is 0 Å². The minimum absolute atomic E-state index is 0.782. The van der Waals surface area contributed by atoms with Crippen LogP contribution in [0, 0.1) is 13.8 Å². The van der Waals surface area contributed by atoms with Gasteiger partial charge in [-0.25, -0.2) is 4.98 Å². The van der Waals surface area contributed by atoms with Gasteiger partial charge in [0.15, 0.2) is 0 Å². The van der Waals surface area contributed by atoms with Crippen LogP contribution in [0.25, 0.3) is 22.1 Å². The number of hydrogen-bond donors (Lipinski definition) is 2. The van der Waals surface area contributed by atoms with E-state index in [2.05, 4.69) is 4.57 Å². The van der Waals surface area contributed by atoms with Gasteiger partial charge in [-0.3, -0.25) is 0 Å². The van der Waals surface area contributed by atoms with Gasteiger partial charge in [0.05, 0.1) is 0 Å². The molecule has 2 aromatic carbocycles. The molecule has 3 aromatic rings. The Hall–Kier alpha value is -2.36. The fourth-order valence-corrected chi connectivity index (χ4v) is 2.37. The maximum Gasteiger partial charge on any atom is 0.233 e. The summed E-state index contributed by atoms with van der Waals surface area (Å²) in [6, 6.07) is 7.98. The smallest absolute Gasteiger partial charge is 0.233 e. The first-order chi connectivity index (χ1) is 8.97. The average Bonchev–Trinajstić information content (AvgIpc) is 2.35. The lowest BCUT2D eigenvalue weighted by Gasteiger charge is -2.06. The number of anilines is 2. The van der Waals surface area contributed by atoms with Crippen molar-refractivity contribution in [2.75, 3.05) is 11.5 Å². The third-order valence-corrected chi connectivity index (χ3v) is 3.69. The lowest BCUT2D eigenvalue weighted by atomic mass is 10.1. The van der Waals surface area contributed by atoms with Gasteiger partial charge in [-0.05, 0) is 37.1 Å². The highest BCUT2D eigenvalue weighted by Crippen LogP contribution is 2.22. The first kappa shape index (κ1) is 11.7. The van der Waals surface area contributed by atoms with Gasteiger partial charge in [-0.15, -0.1) is 0 Å². The van der Waals surface area contributed by atoms with E-state index in [1.807, 2.05) is 45.2 Å². The molecule has 0 spiro atoms. The van der Waals surface area contributed by atoms with Crippen LogP contribution in [0.15, 0.2) is 24.3 Å². The van der Waals surface area contributed by atoms with Crippen molar-refractivity contribution in [3.05, 3.63) is 35.4 Å². The van der Waals surface area contributed by atoms with Crippen LogP contribution in [-0.4, -0.2) is 4.98 Å². The van der Waals surface area contributed by atoms with E-state index in [-0.39, 0.29) is 0 Å². The zero-order valence-electron chi connectivity index (χ0n) is 11.4. The van der Waals surface area contributed by atoms with Crippen molar-refractivity contribution >= 4 is 33.4 Å². The Morgan fingerprint density at radius 3 is 1.68 bits per heavy atom. The molecular formula is C15H17N4+. The summed E-state index contributed by atoms with van der Waals surface area (Å²) in [5.41, 5.74) is 19.6. The second-order valence-electron chi connectivity index (χ2n) is 5.07. The maximum atomic E-state index is 5.99. The minimum atomic E-state index is 0.782. The molecule has 4 N–H and O–H groups in total. The van der Waals surface area contributed by atoms with Crippen LogP contribution in [0.2, 0.25) is 0 Å². The van der Waals surface area contributed by atoms with Crippen LogP contribution in [-0.2, 0) is 7.05 Å². The first-order valence-corrected chi connectivity index (χ1v) is 6.23. The van der Waals surface area contributed by atoms with Crippen molar-refractivity contribution in [2.24, 2.45) is 7.05 Å². The predicted molar refractivity (Wildman–Crippen MR) is 78.7 cm³/mol. The Morgan fingerprint density at radius 2 is 1.26 bits per heavy atom. The lowest BCUT2D eigenvalue weighted by Crippen LogP contribution is -2.31. The summed E-state index contributed by atoms with van der Waals surface area (Å²) in [6.45, 7) is 3.99. The van der Waals surface area contributed by atoms with Gasteiger partial charge in [-0.1, -0.05) is 0 Å². The molecule has 4 heteroatoms. The molecule has 0 bridgehead atoms. The fourth-order valence-electron chi connectivity index (χ4n) is 2.37. The molecule has 1 aromatic heterocycles. The Bertz CT molecular complexity index is 756. The summed E-state index contributed by atoms with van der Waals surface area (Å²) in [5.74, 6) is 0. The van der Waals surface area contributed by atoms with Gasteiger partial charge in [0, 0.05) is 23.5 Å². The summed E-state index contributed by atoms with van der Waals surface area (Å²) >= 11 is 0. The fraction of sp³-hybridized carbons (Fsp3) is 0.200. The Kier molecular flexibility index (Phi) is 2.35. The molecule has 19 heavy (non-hydrogen) atoms. The highest BCUT2D eigenvalue weighted by atomic mass is 15.0. The number of nitrogen functional groups attached to an aromatic ring is 2. The molecule has 0 aliphatic heterocycles. The van der Waals surface area contributed by atoms with Crippen molar-refractivity contribution in [2.45, 2.75) is 13.8 Å². The minimum Gasteiger partial charge on any atom is -0.398 e. The van der Waals surface area contributed by atoms with E-state index >= 15 is 0 Å². The van der Waals surface area contributed by atoms with Crippen molar-refractivity contribution in [3.63, 3.8) is 0 Å². The van der Waals surface area contributed by atoms with Crippen LogP contribution in [0.3, 0.4) is 0 Å². The topological polar surface area (TPSA) is 68.8 Å². The molecular weight excluding hydrogens is 236 g/mol. The predicted octanol–water partition coefficient (Wildman–Crippen LogP) is 1.99. The Morgan fingerprint density at radius 1 is 0.842 bits per heavy atom. The van der Waals surface area contributed by atoms with E-state index in [1.165, 1.54) is 0 Å². The molecule has 0 aliphatic carbocycles. The molecule has 0 saturated heterocycles. The number of nitrogens with two attached hydrogens (primary N) is 2. The SMILES string of the molecule is Cc1cc2nc3cc(C)c(N)cc3[n+](C)c2cc1N. The first-order valence-electron chi connectivity index (χ1n) is 6.23. The zero-order chi connectivity index (χ0) is 13.7. The molecule has 0 amide bonds. The highest BCUT2D eigenvalue weighted by Gasteiger charge is 2.15.